The van der Waals surface area contributed by atoms with Crippen molar-refractivity contribution in [1.82, 2.24) is 20.1 Å². The van der Waals surface area contributed by atoms with Gasteiger partial charge in [0.1, 0.15) is 5.82 Å². The quantitative estimate of drug-likeness (QED) is 0.925. The van der Waals surface area contributed by atoms with E-state index in [0.29, 0.717) is 5.82 Å². The molecule has 0 aliphatic carbocycles. The summed E-state index contributed by atoms with van der Waals surface area (Å²) in [6.45, 7) is 5.83. The van der Waals surface area contributed by atoms with Crippen molar-refractivity contribution in [3.8, 4) is 0 Å². The van der Waals surface area contributed by atoms with Gasteiger partial charge in [0.25, 0.3) is 5.91 Å². The van der Waals surface area contributed by atoms with Gasteiger partial charge >= 0.3 is 0 Å². The first kappa shape index (κ1) is 12.8. The van der Waals surface area contributed by atoms with Crippen LogP contribution in [-0.4, -0.2) is 33.0 Å². The van der Waals surface area contributed by atoms with Crippen molar-refractivity contribution >= 4 is 17.2 Å². The molecule has 18 heavy (non-hydrogen) atoms. The number of H-pyrrole nitrogens is 1. The molecule has 2 aromatic heterocycles. The van der Waals surface area contributed by atoms with E-state index >= 15 is 0 Å². The van der Waals surface area contributed by atoms with Crippen LogP contribution in [0, 0.1) is 13.8 Å². The van der Waals surface area contributed by atoms with Crippen LogP contribution in [0.4, 0.5) is 0 Å². The van der Waals surface area contributed by atoms with Crippen LogP contribution in [0.5, 0.6) is 0 Å². The third kappa shape index (κ3) is 2.43. The van der Waals surface area contributed by atoms with E-state index < -0.39 is 0 Å². The number of hydrogen-bond acceptors (Lipinski definition) is 4. The molecule has 1 N–H and O–H groups in total. The molecule has 0 fully saturated rings. The Bertz CT molecular complexity index is 560. The maximum absolute atomic E-state index is 12.2. The van der Waals surface area contributed by atoms with Crippen LogP contribution in [-0.2, 0) is 0 Å². The number of rotatable bonds is 3. The Morgan fingerprint density at radius 2 is 2.17 bits per heavy atom. The number of aromatic amines is 1. The highest BCUT2D eigenvalue weighted by atomic mass is 32.1. The van der Waals surface area contributed by atoms with E-state index in [1.165, 1.54) is 4.88 Å². The molecule has 2 aromatic rings. The van der Waals surface area contributed by atoms with Gasteiger partial charge in [-0.2, -0.15) is 0 Å². The lowest BCUT2D eigenvalue weighted by Gasteiger charge is -2.22. The minimum absolute atomic E-state index is 0.0232. The molecule has 0 radical (unpaired) electrons. The summed E-state index contributed by atoms with van der Waals surface area (Å²) in [5.41, 5.74) is 0. The Morgan fingerprint density at radius 1 is 1.44 bits per heavy atom. The van der Waals surface area contributed by atoms with Gasteiger partial charge in [-0.15, -0.1) is 16.4 Å². The highest BCUT2D eigenvalue weighted by molar-refractivity contribution is 7.12. The average molecular weight is 264 g/mol. The van der Waals surface area contributed by atoms with Crippen LogP contribution >= 0.6 is 11.3 Å². The maximum atomic E-state index is 12.2. The van der Waals surface area contributed by atoms with Crippen molar-refractivity contribution in [2.24, 2.45) is 0 Å². The summed E-state index contributed by atoms with van der Waals surface area (Å²) in [6.07, 6.45) is 0. The average Bonchev–Trinajstić information content (AvgIpc) is 2.95. The van der Waals surface area contributed by atoms with Crippen molar-refractivity contribution in [2.75, 3.05) is 7.05 Å². The molecule has 0 spiro atoms. The van der Waals surface area contributed by atoms with E-state index in [4.69, 9.17) is 0 Å². The highest BCUT2D eigenvalue weighted by Crippen LogP contribution is 2.26. The molecule has 1 unspecified atom stereocenters. The standard InChI is InChI=1S/C12H16N4OS/c1-7-5-6-10(18-7)8(2)16(4)12(17)11-13-9(3)14-15-11/h5-6,8H,1-4H3,(H,13,14,15). The number of hydrogen-bond donors (Lipinski definition) is 1. The van der Waals surface area contributed by atoms with Crippen LogP contribution in [0.15, 0.2) is 12.1 Å². The Kier molecular flexibility index (Phi) is 3.47. The Labute approximate surface area is 110 Å². The zero-order valence-corrected chi connectivity index (χ0v) is 11.7. The normalized spacial score (nSPS) is 12.4. The lowest BCUT2D eigenvalue weighted by Crippen LogP contribution is -2.30. The Balaban J connectivity index is 2.16. The number of amides is 1. The second-order valence-corrected chi connectivity index (χ2v) is 5.60. The van der Waals surface area contributed by atoms with E-state index in [1.54, 1.807) is 30.2 Å². The third-order valence-corrected chi connectivity index (χ3v) is 4.03. The second-order valence-electron chi connectivity index (χ2n) is 4.28. The molecule has 2 heterocycles. The van der Waals surface area contributed by atoms with Gasteiger partial charge in [-0.05, 0) is 32.9 Å². The largest absolute Gasteiger partial charge is 0.331 e. The highest BCUT2D eigenvalue weighted by Gasteiger charge is 2.22. The molecule has 2 rings (SSSR count). The van der Waals surface area contributed by atoms with Crippen molar-refractivity contribution in [3.63, 3.8) is 0 Å². The van der Waals surface area contributed by atoms with Crippen LogP contribution < -0.4 is 0 Å². The predicted molar refractivity (Wildman–Crippen MR) is 70.7 cm³/mol. The van der Waals surface area contributed by atoms with Crippen molar-refractivity contribution in [3.05, 3.63) is 33.5 Å². The maximum Gasteiger partial charge on any atom is 0.293 e. The minimum Gasteiger partial charge on any atom is -0.331 e. The summed E-state index contributed by atoms with van der Waals surface area (Å²) < 4.78 is 0. The second kappa shape index (κ2) is 4.89. The number of carbonyl (C=O) groups is 1. The minimum atomic E-state index is -0.169. The first-order valence-corrected chi connectivity index (χ1v) is 6.53. The molecule has 0 aliphatic rings. The fraction of sp³-hybridized carbons (Fsp3) is 0.417. The van der Waals surface area contributed by atoms with E-state index in [2.05, 4.69) is 34.2 Å². The molecule has 1 atom stereocenters. The number of aryl methyl sites for hydroxylation is 2. The van der Waals surface area contributed by atoms with E-state index in [-0.39, 0.29) is 17.8 Å². The summed E-state index contributed by atoms with van der Waals surface area (Å²) in [6, 6.07) is 4.14. The van der Waals surface area contributed by atoms with Crippen LogP contribution in [0.25, 0.3) is 0 Å². The van der Waals surface area contributed by atoms with Gasteiger partial charge < -0.3 is 4.90 Å². The van der Waals surface area contributed by atoms with Crippen LogP contribution in [0.3, 0.4) is 0 Å². The Hall–Kier alpha value is -1.69. The molecule has 1 amide bonds. The molecule has 96 valence electrons. The number of carbonyl (C=O) groups excluding carboxylic acids is 1. The molecule has 0 bridgehead atoms. The summed E-state index contributed by atoms with van der Waals surface area (Å²) in [5.74, 6) is 0.694. The first-order chi connectivity index (χ1) is 8.49. The predicted octanol–water partition coefficient (Wildman–Crippen LogP) is 2.32. The van der Waals surface area contributed by atoms with Gasteiger partial charge in [-0.3, -0.25) is 9.89 Å². The molecule has 0 aromatic carbocycles. The third-order valence-electron chi connectivity index (χ3n) is 2.86. The van der Waals surface area contributed by atoms with Gasteiger partial charge in [0, 0.05) is 16.8 Å². The number of nitrogens with one attached hydrogen (secondary N) is 1. The van der Waals surface area contributed by atoms with Gasteiger partial charge in [0.2, 0.25) is 5.82 Å². The summed E-state index contributed by atoms with van der Waals surface area (Å²) in [4.78, 5) is 20.3. The smallest absolute Gasteiger partial charge is 0.293 e. The summed E-state index contributed by atoms with van der Waals surface area (Å²) in [5, 5.41) is 6.58. The van der Waals surface area contributed by atoms with E-state index in [0.717, 1.165) is 4.88 Å². The SMILES string of the molecule is Cc1nc(C(=O)N(C)C(C)c2ccc(C)s2)n[nH]1. The summed E-state index contributed by atoms with van der Waals surface area (Å²) in [7, 11) is 1.77. The number of aromatic nitrogens is 3. The first-order valence-electron chi connectivity index (χ1n) is 5.71. The fourth-order valence-corrected chi connectivity index (χ4v) is 2.61. The molecular formula is C12H16N4OS. The van der Waals surface area contributed by atoms with E-state index in [9.17, 15) is 4.79 Å². The van der Waals surface area contributed by atoms with Crippen molar-refractivity contribution < 1.29 is 4.79 Å². The fourth-order valence-electron chi connectivity index (χ4n) is 1.64. The molecule has 6 heteroatoms. The topological polar surface area (TPSA) is 61.9 Å². The lowest BCUT2D eigenvalue weighted by atomic mass is 10.2. The molecular weight excluding hydrogens is 248 g/mol. The van der Waals surface area contributed by atoms with Gasteiger partial charge in [0.05, 0.1) is 6.04 Å². The number of nitrogens with zero attached hydrogens (tertiary/aromatic N) is 3. The molecule has 0 saturated carbocycles. The summed E-state index contributed by atoms with van der Waals surface area (Å²) >= 11 is 1.70. The van der Waals surface area contributed by atoms with Gasteiger partial charge in [-0.1, -0.05) is 0 Å². The monoisotopic (exact) mass is 264 g/mol. The lowest BCUT2D eigenvalue weighted by molar-refractivity contribution is 0.0733. The van der Waals surface area contributed by atoms with Gasteiger partial charge in [-0.25, -0.2) is 4.98 Å². The van der Waals surface area contributed by atoms with Crippen molar-refractivity contribution in [2.45, 2.75) is 26.8 Å². The zero-order chi connectivity index (χ0) is 13.3. The molecule has 0 aliphatic heterocycles. The van der Waals surface area contributed by atoms with Crippen molar-refractivity contribution in [1.29, 1.82) is 0 Å². The number of thiophene rings is 1. The zero-order valence-electron chi connectivity index (χ0n) is 10.9. The molecule has 0 saturated heterocycles. The Morgan fingerprint density at radius 3 is 2.67 bits per heavy atom. The van der Waals surface area contributed by atoms with Gasteiger partial charge in [0.15, 0.2) is 0 Å². The van der Waals surface area contributed by atoms with Crippen LogP contribution in [0.1, 0.15) is 39.2 Å². The van der Waals surface area contributed by atoms with Crippen LogP contribution in [0.2, 0.25) is 0 Å². The molecule has 5 nitrogen and oxygen atoms in total. The van der Waals surface area contributed by atoms with E-state index in [1.807, 2.05) is 6.92 Å².